The molecular weight excluding hydrogens is 418 g/mol. The molecule has 0 amide bonds. The van der Waals surface area contributed by atoms with Crippen LogP contribution in [0.15, 0.2) is 59.3 Å². The van der Waals surface area contributed by atoms with Gasteiger partial charge in [-0.3, -0.25) is 9.78 Å². The smallest absolute Gasteiger partial charge is 0.229 e. The number of carbonyl (C=O) groups is 1. The first-order valence-electron chi connectivity index (χ1n) is 10.7. The third kappa shape index (κ3) is 5.36. The summed E-state index contributed by atoms with van der Waals surface area (Å²) < 4.78 is 16.9. The number of ketones is 1. The molecule has 0 unspecified atom stereocenters. The van der Waals surface area contributed by atoms with Crippen LogP contribution in [-0.4, -0.2) is 22.5 Å². The Labute approximate surface area is 191 Å². The molecule has 4 rings (SSSR count). The van der Waals surface area contributed by atoms with Crippen LogP contribution in [0.1, 0.15) is 30.4 Å². The Hall–Kier alpha value is -4.18. The quantitative estimate of drug-likeness (QED) is 0.296. The fourth-order valence-electron chi connectivity index (χ4n) is 3.43. The molecule has 2 heterocycles. The molecule has 7 heteroatoms. The van der Waals surface area contributed by atoms with E-state index in [-0.39, 0.29) is 12.2 Å². The molecule has 0 saturated carbocycles. The summed E-state index contributed by atoms with van der Waals surface area (Å²) in [6.45, 7) is 11.9. The van der Waals surface area contributed by atoms with Crippen molar-refractivity contribution in [2.24, 2.45) is 0 Å². The van der Waals surface area contributed by atoms with Gasteiger partial charge >= 0.3 is 0 Å². The highest BCUT2D eigenvalue weighted by atomic mass is 16.5. The van der Waals surface area contributed by atoms with Gasteiger partial charge in [-0.05, 0) is 49.2 Å². The number of hydrogen-bond donors (Lipinski definition) is 0. The lowest BCUT2D eigenvalue weighted by atomic mass is 10.1. The van der Waals surface area contributed by atoms with Crippen LogP contribution in [0, 0.1) is 13.5 Å². The minimum Gasteiger partial charge on any atom is -0.505 e. The first kappa shape index (κ1) is 22.0. The van der Waals surface area contributed by atoms with Crippen molar-refractivity contribution < 1.29 is 18.8 Å². The molecule has 2 aromatic heterocycles. The van der Waals surface area contributed by atoms with Gasteiger partial charge < -0.3 is 14.0 Å². The maximum absolute atomic E-state index is 12.3. The lowest BCUT2D eigenvalue weighted by Gasteiger charge is -2.12. The third-order valence-electron chi connectivity index (χ3n) is 4.97. The fourth-order valence-corrected chi connectivity index (χ4v) is 3.43. The standard InChI is InChI=1S/C26H23N3O4/c1-4-11-31-26-16-23-22(15-24(26)27-3)25(9-10-28-23)32-20-7-5-18(6-8-20)13-19(30)14-21-12-17(2)29-33-21/h5-10,12,15-16H,4,11,13-14H2,1-2H3. The molecule has 0 aliphatic heterocycles. The monoisotopic (exact) mass is 441 g/mol. The van der Waals surface area contributed by atoms with E-state index in [1.807, 2.05) is 38.1 Å². The SMILES string of the molecule is [C-]#[N+]c1cc2c(Oc3ccc(CC(=O)Cc4cc(C)no4)cc3)ccnc2cc1OCCC. The number of nitrogens with zero attached hydrogens (tertiary/aromatic N) is 3. The lowest BCUT2D eigenvalue weighted by molar-refractivity contribution is -0.118. The number of aromatic nitrogens is 2. The highest BCUT2D eigenvalue weighted by molar-refractivity contribution is 5.91. The van der Waals surface area contributed by atoms with Gasteiger partial charge in [0.2, 0.25) is 5.69 Å². The molecular formula is C26H23N3O4. The van der Waals surface area contributed by atoms with Crippen LogP contribution < -0.4 is 9.47 Å². The van der Waals surface area contributed by atoms with Gasteiger partial charge in [-0.15, -0.1) is 0 Å². The molecule has 7 nitrogen and oxygen atoms in total. The van der Waals surface area contributed by atoms with Gasteiger partial charge in [0.25, 0.3) is 0 Å². The number of aryl methyl sites for hydroxylation is 1. The van der Waals surface area contributed by atoms with E-state index in [2.05, 4.69) is 15.0 Å². The lowest BCUT2D eigenvalue weighted by Crippen LogP contribution is -2.05. The number of fused-ring (bicyclic) bond motifs is 1. The topological polar surface area (TPSA) is 78.8 Å². The molecule has 4 aromatic rings. The summed E-state index contributed by atoms with van der Waals surface area (Å²) in [5.74, 6) is 2.37. The third-order valence-corrected chi connectivity index (χ3v) is 4.97. The van der Waals surface area contributed by atoms with E-state index in [1.165, 1.54) is 0 Å². The van der Waals surface area contributed by atoms with Crippen LogP contribution in [-0.2, 0) is 17.6 Å². The maximum atomic E-state index is 12.3. The van der Waals surface area contributed by atoms with Crippen LogP contribution >= 0.6 is 0 Å². The van der Waals surface area contributed by atoms with Crippen molar-refractivity contribution in [2.75, 3.05) is 6.61 Å². The predicted octanol–water partition coefficient (Wildman–Crippen LogP) is 6.02. The normalized spacial score (nSPS) is 10.7. The van der Waals surface area contributed by atoms with E-state index in [1.54, 1.807) is 30.5 Å². The number of hydrogen-bond acceptors (Lipinski definition) is 6. The Morgan fingerprint density at radius 3 is 2.61 bits per heavy atom. The van der Waals surface area contributed by atoms with Gasteiger partial charge in [0.05, 0.1) is 30.8 Å². The average molecular weight is 441 g/mol. The molecule has 0 fully saturated rings. The summed E-state index contributed by atoms with van der Waals surface area (Å²) in [5, 5.41) is 4.54. The van der Waals surface area contributed by atoms with Crippen molar-refractivity contribution in [3.63, 3.8) is 0 Å². The molecule has 0 saturated heterocycles. The Morgan fingerprint density at radius 2 is 1.91 bits per heavy atom. The van der Waals surface area contributed by atoms with Crippen LogP contribution in [0.25, 0.3) is 15.7 Å². The molecule has 0 N–H and O–H groups in total. The Bertz CT molecular complexity index is 1320. The minimum atomic E-state index is 0.0488. The zero-order valence-corrected chi connectivity index (χ0v) is 18.5. The van der Waals surface area contributed by atoms with Crippen molar-refractivity contribution >= 4 is 22.4 Å². The van der Waals surface area contributed by atoms with Crippen molar-refractivity contribution in [1.29, 1.82) is 0 Å². The largest absolute Gasteiger partial charge is 0.505 e. The molecule has 0 atom stereocenters. The van der Waals surface area contributed by atoms with Gasteiger partial charge in [0.1, 0.15) is 28.8 Å². The Balaban J connectivity index is 1.48. The molecule has 0 radical (unpaired) electrons. The molecule has 0 aliphatic rings. The molecule has 0 spiro atoms. The first-order chi connectivity index (χ1) is 16.1. The zero-order valence-electron chi connectivity index (χ0n) is 18.5. The number of carbonyl (C=O) groups excluding carboxylic acids is 1. The molecule has 2 aromatic carbocycles. The molecule has 0 bridgehead atoms. The van der Waals surface area contributed by atoms with Gasteiger partial charge in [0, 0.05) is 24.1 Å². The van der Waals surface area contributed by atoms with Crippen molar-refractivity contribution in [3.8, 4) is 17.2 Å². The van der Waals surface area contributed by atoms with Crippen molar-refractivity contribution in [2.45, 2.75) is 33.1 Å². The van der Waals surface area contributed by atoms with Crippen molar-refractivity contribution in [1.82, 2.24) is 10.1 Å². The Kier molecular flexibility index (Phi) is 6.65. The number of ether oxygens (including phenoxy) is 2. The van der Waals surface area contributed by atoms with Gasteiger partial charge in [-0.2, -0.15) is 0 Å². The van der Waals surface area contributed by atoms with Crippen LogP contribution in [0.5, 0.6) is 17.2 Å². The summed E-state index contributed by atoms with van der Waals surface area (Å²) in [5.41, 5.74) is 2.76. The summed E-state index contributed by atoms with van der Waals surface area (Å²) in [7, 11) is 0. The highest BCUT2D eigenvalue weighted by Gasteiger charge is 2.13. The van der Waals surface area contributed by atoms with Crippen molar-refractivity contribution in [3.05, 3.63) is 83.2 Å². The number of benzene rings is 2. The second-order valence-corrected chi connectivity index (χ2v) is 7.68. The summed E-state index contributed by atoms with van der Waals surface area (Å²) in [6.07, 6.45) is 3.03. The zero-order chi connectivity index (χ0) is 23.2. The van der Waals surface area contributed by atoms with Crippen LogP contribution in [0.3, 0.4) is 0 Å². The molecule has 0 aliphatic carbocycles. The van der Waals surface area contributed by atoms with E-state index < -0.39 is 0 Å². The van der Waals surface area contributed by atoms with E-state index in [4.69, 9.17) is 20.6 Å². The van der Waals surface area contributed by atoms with Gasteiger partial charge in [-0.1, -0.05) is 24.2 Å². The highest BCUT2D eigenvalue weighted by Crippen LogP contribution is 2.37. The summed E-state index contributed by atoms with van der Waals surface area (Å²) >= 11 is 0. The number of pyridine rings is 1. The average Bonchev–Trinajstić information content (AvgIpc) is 3.22. The van der Waals surface area contributed by atoms with Gasteiger partial charge in [-0.25, -0.2) is 4.85 Å². The second-order valence-electron chi connectivity index (χ2n) is 7.68. The second kappa shape index (κ2) is 9.96. The predicted molar refractivity (Wildman–Crippen MR) is 124 cm³/mol. The first-order valence-corrected chi connectivity index (χ1v) is 10.7. The summed E-state index contributed by atoms with van der Waals surface area (Å²) in [4.78, 5) is 20.3. The summed E-state index contributed by atoms with van der Waals surface area (Å²) in [6, 6.07) is 14.4. The molecule has 33 heavy (non-hydrogen) atoms. The maximum Gasteiger partial charge on any atom is 0.229 e. The van der Waals surface area contributed by atoms with E-state index in [9.17, 15) is 4.79 Å². The fraction of sp³-hybridized carbons (Fsp3) is 0.231. The minimum absolute atomic E-state index is 0.0488. The number of Topliss-reactive ketones (excluding diaryl/α,β-unsaturated/α-hetero) is 1. The molecule has 166 valence electrons. The van der Waals surface area contributed by atoms with Crippen LogP contribution in [0.2, 0.25) is 0 Å². The van der Waals surface area contributed by atoms with E-state index in [0.29, 0.717) is 47.2 Å². The van der Waals surface area contributed by atoms with E-state index in [0.717, 1.165) is 23.1 Å². The Morgan fingerprint density at radius 1 is 1.09 bits per heavy atom. The van der Waals surface area contributed by atoms with E-state index >= 15 is 0 Å². The number of rotatable bonds is 9. The van der Waals surface area contributed by atoms with Gasteiger partial charge in [0.15, 0.2) is 0 Å². The van der Waals surface area contributed by atoms with Crippen LogP contribution in [0.4, 0.5) is 5.69 Å².